The van der Waals surface area contributed by atoms with E-state index < -0.39 is 18.0 Å². The van der Waals surface area contributed by atoms with Crippen molar-refractivity contribution in [2.24, 2.45) is 5.92 Å². The number of rotatable bonds is 11. The molecule has 6 heteroatoms. The molecule has 0 heterocycles. The number of nitrogens with zero attached hydrogens (tertiary/aromatic N) is 1. The van der Waals surface area contributed by atoms with Gasteiger partial charge in [-0.15, -0.1) is 0 Å². The van der Waals surface area contributed by atoms with E-state index in [0.717, 1.165) is 30.4 Å². The van der Waals surface area contributed by atoms with Gasteiger partial charge in [0.1, 0.15) is 6.04 Å². The van der Waals surface area contributed by atoms with Crippen molar-refractivity contribution in [3.63, 3.8) is 0 Å². The van der Waals surface area contributed by atoms with Crippen LogP contribution in [0.4, 0.5) is 0 Å². The van der Waals surface area contributed by atoms with Crippen LogP contribution in [-0.4, -0.2) is 39.0 Å². The third-order valence-corrected chi connectivity index (χ3v) is 5.31. The van der Waals surface area contributed by atoms with Gasteiger partial charge in [-0.2, -0.15) is 0 Å². The molecular weight excluding hydrogens is 394 g/mol. The van der Waals surface area contributed by atoms with Crippen LogP contribution in [0, 0.1) is 5.92 Å². The first kappa shape index (κ1) is 24.1. The lowest BCUT2D eigenvalue weighted by Gasteiger charge is -2.32. The second-order valence-electron chi connectivity index (χ2n) is 8.05. The van der Waals surface area contributed by atoms with Gasteiger partial charge >= 0.3 is 11.9 Å². The van der Waals surface area contributed by atoms with E-state index in [1.807, 2.05) is 24.3 Å². The van der Waals surface area contributed by atoms with Crippen LogP contribution in [0.25, 0.3) is 11.1 Å². The summed E-state index contributed by atoms with van der Waals surface area (Å²) in [6.07, 6.45) is 2.98. The Balaban J connectivity index is 2.29. The SMILES string of the molecule is CCCCCC(=O)N(Cc1ccc(-c2ccccc2C(=O)O)cc1)[C@H](C(=O)O)C(C)C. The van der Waals surface area contributed by atoms with Crippen molar-refractivity contribution >= 4 is 17.8 Å². The lowest BCUT2D eigenvalue weighted by Crippen LogP contribution is -2.47. The molecule has 0 aliphatic rings. The number of carbonyl (C=O) groups excluding carboxylic acids is 1. The molecule has 0 saturated carbocycles. The normalized spacial score (nSPS) is 11.9. The van der Waals surface area contributed by atoms with Crippen LogP contribution in [-0.2, 0) is 16.1 Å². The summed E-state index contributed by atoms with van der Waals surface area (Å²) in [5.41, 5.74) is 2.38. The predicted octanol–water partition coefficient (Wildman–Crippen LogP) is 5.07. The van der Waals surface area contributed by atoms with Crippen molar-refractivity contribution in [2.45, 2.75) is 59.0 Å². The third kappa shape index (κ3) is 6.41. The molecule has 1 amide bonds. The van der Waals surface area contributed by atoms with Crippen LogP contribution in [0.5, 0.6) is 0 Å². The number of carboxylic acid groups (broad SMARTS) is 2. The lowest BCUT2D eigenvalue weighted by atomic mass is 9.97. The summed E-state index contributed by atoms with van der Waals surface area (Å²) < 4.78 is 0. The van der Waals surface area contributed by atoms with Crippen LogP contribution in [0.15, 0.2) is 48.5 Å². The zero-order valence-electron chi connectivity index (χ0n) is 18.4. The minimum absolute atomic E-state index is 0.158. The highest BCUT2D eigenvalue weighted by atomic mass is 16.4. The fourth-order valence-electron chi connectivity index (χ4n) is 3.70. The molecule has 6 nitrogen and oxygen atoms in total. The standard InChI is InChI=1S/C25H31NO5/c1-4-5-6-11-22(27)26(23(17(2)3)25(30)31)16-18-12-14-19(15-13-18)20-9-7-8-10-21(20)24(28)29/h7-10,12-15,17,23H,4-6,11,16H2,1-3H3,(H,28,29)(H,30,31)/t23-/m0/s1. The number of benzene rings is 2. The van der Waals surface area contributed by atoms with Crippen molar-refractivity contribution < 1.29 is 24.6 Å². The summed E-state index contributed by atoms with van der Waals surface area (Å²) in [7, 11) is 0. The molecular formula is C25H31NO5. The molecule has 0 saturated heterocycles. The second-order valence-corrected chi connectivity index (χ2v) is 8.05. The smallest absolute Gasteiger partial charge is 0.336 e. The van der Waals surface area contributed by atoms with Gasteiger partial charge in [-0.25, -0.2) is 9.59 Å². The van der Waals surface area contributed by atoms with Crippen LogP contribution in [0.1, 0.15) is 62.4 Å². The minimum Gasteiger partial charge on any atom is -0.480 e. The van der Waals surface area contributed by atoms with Gasteiger partial charge in [-0.1, -0.05) is 76.1 Å². The summed E-state index contributed by atoms with van der Waals surface area (Å²) in [5.74, 6) is -2.39. The number of carbonyl (C=O) groups is 3. The molecule has 0 bridgehead atoms. The highest BCUT2D eigenvalue weighted by molar-refractivity contribution is 5.96. The molecule has 1 atom stereocenters. The topological polar surface area (TPSA) is 94.9 Å². The molecule has 0 radical (unpaired) electrons. The average molecular weight is 426 g/mol. The van der Waals surface area contributed by atoms with Crippen molar-refractivity contribution in [1.29, 1.82) is 0 Å². The van der Waals surface area contributed by atoms with E-state index in [1.165, 1.54) is 4.90 Å². The highest BCUT2D eigenvalue weighted by Crippen LogP contribution is 2.25. The molecule has 0 aliphatic carbocycles. The van der Waals surface area contributed by atoms with E-state index in [4.69, 9.17) is 0 Å². The molecule has 166 valence electrons. The molecule has 2 aromatic rings. The van der Waals surface area contributed by atoms with E-state index in [2.05, 4.69) is 6.92 Å². The van der Waals surface area contributed by atoms with Crippen LogP contribution >= 0.6 is 0 Å². The van der Waals surface area contributed by atoms with Crippen molar-refractivity contribution in [3.05, 3.63) is 59.7 Å². The van der Waals surface area contributed by atoms with Gasteiger partial charge in [0.2, 0.25) is 5.91 Å². The number of hydrogen-bond acceptors (Lipinski definition) is 3. The van der Waals surface area contributed by atoms with E-state index in [1.54, 1.807) is 38.1 Å². The zero-order valence-corrected chi connectivity index (χ0v) is 18.4. The minimum atomic E-state index is -1.01. The van der Waals surface area contributed by atoms with Crippen LogP contribution in [0.3, 0.4) is 0 Å². The fourth-order valence-corrected chi connectivity index (χ4v) is 3.70. The summed E-state index contributed by atoms with van der Waals surface area (Å²) >= 11 is 0. The summed E-state index contributed by atoms with van der Waals surface area (Å²) in [6, 6.07) is 13.1. The third-order valence-electron chi connectivity index (χ3n) is 5.31. The Bertz CT molecular complexity index is 904. The van der Waals surface area contributed by atoms with Crippen molar-refractivity contribution in [2.75, 3.05) is 0 Å². The molecule has 0 fully saturated rings. The number of amides is 1. The van der Waals surface area contributed by atoms with Gasteiger partial charge in [0, 0.05) is 13.0 Å². The van der Waals surface area contributed by atoms with E-state index in [-0.39, 0.29) is 23.9 Å². The van der Waals surface area contributed by atoms with Gasteiger partial charge < -0.3 is 15.1 Å². The lowest BCUT2D eigenvalue weighted by molar-refractivity contribution is -0.153. The summed E-state index contributed by atoms with van der Waals surface area (Å²) in [6.45, 7) is 5.86. The summed E-state index contributed by atoms with van der Waals surface area (Å²) in [4.78, 5) is 37.7. The Morgan fingerprint density at radius 3 is 2.13 bits per heavy atom. The second kappa shape index (κ2) is 11.3. The van der Waals surface area contributed by atoms with E-state index >= 15 is 0 Å². The maximum atomic E-state index is 12.9. The Morgan fingerprint density at radius 2 is 1.58 bits per heavy atom. The molecule has 2 N–H and O–H groups in total. The van der Waals surface area contributed by atoms with Gasteiger partial charge in [-0.05, 0) is 35.1 Å². The van der Waals surface area contributed by atoms with Gasteiger partial charge in [-0.3, -0.25) is 4.79 Å². The molecule has 0 aromatic heterocycles. The Labute approximate surface area is 183 Å². The van der Waals surface area contributed by atoms with Gasteiger partial charge in [0.05, 0.1) is 5.56 Å². The first-order valence-electron chi connectivity index (χ1n) is 10.7. The van der Waals surface area contributed by atoms with Crippen LogP contribution < -0.4 is 0 Å². The Hall–Kier alpha value is -3.15. The quantitative estimate of drug-likeness (QED) is 0.490. The van der Waals surface area contributed by atoms with Gasteiger partial charge in [0.15, 0.2) is 0 Å². The van der Waals surface area contributed by atoms with Crippen molar-refractivity contribution in [3.8, 4) is 11.1 Å². The zero-order chi connectivity index (χ0) is 23.0. The van der Waals surface area contributed by atoms with E-state index in [0.29, 0.717) is 12.0 Å². The number of unbranched alkanes of at least 4 members (excludes halogenated alkanes) is 2. The maximum absolute atomic E-state index is 12.9. The molecule has 0 unspecified atom stereocenters. The molecule has 31 heavy (non-hydrogen) atoms. The first-order chi connectivity index (χ1) is 14.8. The monoisotopic (exact) mass is 425 g/mol. The Morgan fingerprint density at radius 1 is 0.935 bits per heavy atom. The number of aliphatic carboxylic acids is 1. The molecule has 0 aliphatic heterocycles. The number of aromatic carboxylic acids is 1. The largest absolute Gasteiger partial charge is 0.480 e. The highest BCUT2D eigenvalue weighted by Gasteiger charge is 2.32. The predicted molar refractivity (Wildman–Crippen MR) is 120 cm³/mol. The molecule has 0 spiro atoms. The Kier molecular flexibility index (Phi) is 8.79. The summed E-state index contributed by atoms with van der Waals surface area (Å²) in [5, 5.41) is 19.2. The van der Waals surface area contributed by atoms with E-state index in [9.17, 15) is 24.6 Å². The molecule has 2 rings (SSSR count). The average Bonchev–Trinajstić information content (AvgIpc) is 2.73. The maximum Gasteiger partial charge on any atom is 0.336 e. The van der Waals surface area contributed by atoms with Crippen LogP contribution in [0.2, 0.25) is 0 Å². The first-order valence-corrected chi connectivity index (χ1v) is 10.7. The fraction of sp³-hybridized carbons (Fsp3) is 0.400. The number of hydrogen-bond donors (Lipinski definition) is 2. The molecule has 2 aromatic carbocycles. The van der Waals surface area contributed by atoms with Gasteiger partial charge in [0.25, 0.3) is 0 Å². The number of carboxylic acids is 2. The van der Waals surface area contributed by atoms with Crippen molar-refractivity contribution in [1.82, 2.24) is 4.90 Å².